The van der Waals surface area contributed by atoms with Crippen molar-refractivity contribution in [2.75, 3.05) is 0 Å². The predicted octanol–water partition coefficient (Wildman–Crippen LogP) is 4.97. The van der Waals surface area contributed by atoms with Gasteiger partial charge in [0.15, 0.2) is 0 Å². The second-order valence-electron chi connectivity index (χ2n) is 5.45. The molecule has 2 aromatic carbocycles. The molecule has 0 aliphatic rings. The van der Waals surface area contributed by atoms with E-state index >= 15 is 0 Å². The summed E-state index contributed by atoms with van der Waals surface area (Å²) < 4.78 is 15.9. The number of nitrogens with zero attached hydrogens (tertiary/aromatic N) is 2. The molecule has 0 radical (unpaired) electrons. The Morgan fingerprint density at radius 2 is 1.62 bits per heavy atom. The first-order valence-corrected chi connectivity index (χ1v) is 7.92. The number of hydrogen-bond donors (Lipinski definition) is 0. The van der Waals surface area contributed by atoms with Crippen molar-refractivity contribution in [2.45, 2.75) is 0 Å². The predicted molar refractivity (Wildman–Crippen MR) is 93.7 cm³/mol. The molecule has 0 spiro atoms. The molecule has 0 N–H and O–H groups in total. The lowest BCUT2D eigenvalue weighted by Crippen LogP contribution is -2.30. The topological polar surface area (TPSA) is 16.8 Å². The van der Waals surface area contributed by atoms with Crippen LogP contribution in [0.15, 0.2) is 79.3 Å². The van der Waals surface area contributed by atoms with E-state index in [9.17, 15) is 4.39 Å². The summed E-state index contributed by atoms with van der Waals surface area (Å²) in [5, 5.41) is 1.82. The van der Waals surface area contributed by atoms with E-state index in [1.165, 1.54) is 12.1 Å². The summed E-state index contributed by atoms with van der Waals surface area (Å²) in [6.45, 7) is 0. The summed E-state index contributed by atoms with van der Waals surface area (Å²) in [5.74, 6) is 0.315. The Morgan fingerprint density at radius 3 is 2.38 bits per heavy atom. The number of hydrogen-bond acceptors (Lipinski definition) is 1. The van der Waals surface area contributed by atoms with Crippen molar-refractivity contribution < 1.29 is 8.96 Å². The van der Waals surface area contributed by atoms with Gasteiger partial charge in [-0.1, -0.05) is 48.0 Å². The van der Waals surface area contributed by atoms with Gasteiger partial charge in [0, 0.05) is 10.9 Å². The van der Waals surface area contributed by atoms with Crippen LogP contribution in [-0.4, -0.2) is 4.98 Å². The Kier molecular flexibility index (Phi) is 3.71. The zero-order valence-electron chi connectivity index (χ0n) is 12.7. The van der Waals surface area contributed by atoms with Crippen LogP contribution >= 0.6 is 11.6 Å². The summed E-state index contributed by atoms with van der Waals surface area (Å²) in [7, 11) is 0. The van der Waals surface area contributed by atoms with Crippen LogP contribution in [0.2, 0.25) is 5.02 Å². The highest BCUT2D eigenvalue weighted by atomic mass is 35.5. The quantitative estimate of drug-likeness (QED) is 0.472. The minimum atomic E-state index is -0.361. The number of halogens is 2. The van der Waals surface area contributed by atoms with Crippen molar-refractivity contribution in [1.82, 2.24) is 4.98 Å². The SMILES string of the molecule is Fc1cc(Cl)c2c(-[n+]3ccccc3)ncc(-c3ccccc3)c2c1. The van der Waals surface area contributed by atoms with E-state index in [1.54, 1.807) is 6.20 Å². The number of aromatic nitrogens is 2. The van der Waals surface area contributed by atoms with Gasteiger partial charge in [0.2, 0.25) is 0 Å². The highest BCUT2D eigenvalue weighted by Crippen LogP contribution is 2.34. The molecule has 4 heteroatoms. The third kappa shape index (κ3) is 2.53. The zero-order valence-corrected chi connectivity index (χ0v) is 13.4. The molecular formula is C20H13ClFN2+. The van der Waals surface area contributed by atoms with E-state index in [4.69, 9.17) is 11.6 Å². The Bertz CT molecular complexity index is 1020. The first-order chi connectivity index (χ1) is 11.7. The Balaban J connectivity index is 2.09. The zero-order chi connectivity index (χ0) is 16.5. The van der Waals surface area contributed by atoms with E-state index in [0.717, 1.165) is 21.9 Å². The molecule has 0 saturated heterocycles. The molecule has 2 heterocycles. The minimum absolute atomic E-state index is 0.349. The van der Waals surface area contributed by atoms with Gasteiger partial charge in [0.1, 0.15) is 12.0 Å². The van der Waals surface area contributed by atoms with Crippen LogP contribution in [0.3, 0.4) is 0 Å². The van der Waals surface area contributed by atoms with Gasteiger partial charge in [0.05, 0.1) is 22.8 Å². The van der Waals surface area contributed by atoms with Gasteiger partial charge in [-0.05, 0) is 34.8 Å². The first-order valence-electron chi connectivity index (χ1n) is 7.54. The maximum absolute atomic E-state index is 14.0. The number of fused-ring (bicyclic) bond motifs is 1. The Morgan fingerprint density at radius 1 is 0.917 bits per heavy atom. The number of pyridine rings is 2. The van der Waals surface area contributed by atoms with Gasteiger partial charge in [-0.2, -0.15) is 0 Å². The summed E-state index contributed by atoms with van der Waals surface area (Å²) in [4.78, 5) is 4.60. The van der Waals surface area contributed by atoms with Crippen LogP contribution in [0, 0.1) is 5.82 Å². The smallest absolute Gasteiger partial charge is 0.207 e. The van der Waals surface area contributed by atoms with Gasteiger partial charge in [0.25, 0.3) is 0 Å². The summed E-state index contributed by atoms with van der Waals surface area (Å²) in [6, 6.07) is 18.4. The van der Waals surface area contributed by atoms with Crippen LogP contribution in [0.1, 0.15) is 0 Å². The normalized spacial score (nSPS) is 10.9. The lowest BCUT2D eigenvalue weighted by molar-refractivity contribution is -0.598. The third-order valence-corrected chi connectivity index (χ3v) is 4.23. The van der Waals surface area contributed by atoms with Gasteiger partial charge in [-0.15, -0.1) is 0 Å². The third-order valence-electron chi connectivity index (χ3n) is 3.93. The van der Waals surface area contributed by atoms with E-state index in [0.29, 0.717) is 10.8 Å². The molecule has 4 rings (SSSR count). The molecule has 2 aromatic heterocycles. The highest BCUT2D eigenvalue weighted by Gasteiger charge is 2.20. The maximum atomic E-state index is 14.0. The molecule has 0 aliphatic carbocycles. The second kappa shape index (κ2) is 6.02. The standard InChI is InChI=1S/C20H13ClFN2/c21-18-12-15(22)11-16-17(14-7-3-1-4-8-14)13-23-20(19(16)18)24-9-5-2-6-10-24/h1-13H/q+1. The lowest BCUT2D eigenvalue weighted by Gasteiger charge is -2.08. The molecular weight excluding hydrogens is 323 g/mol. The Hall–Kier alpha value is -2.78. The molecule has 0 bridgehead atoms. The molecule has 116 valence electrons. The van der Waals surface area contributed by atoms with Crippen molar-refractivity contribution in [3.05, 3.63) is 90.1 Å². The van der Waals surface area contributed by atoms with Crippen molar-refractivity contribution in [3.63, 3.8) is 0 Å². The number of benzene rings is 2. The van der Waals surface area contributed by atoms with Crippen LogP contribution in [0.25, 0.3) is 27.7 Å². The summed E-state index contributed by atoms with van der Waals surface area (Å²) >= 11 is 6.38. The van der Waals surface area contributed by atoms with Crippen molar-refractivity contribution in [1.29, 1.82) is 0 Å². The van der Waals surface area contributed by atoms with E-state index < -0.39 is 0 Å². The van der Waals surface area contributed by atoms with Crippen LogP contribution in [0.4, 0.5) is 4.39 Å². The van der Waals surface area contributed by atoms with Crippen molar-refractivity contribution in [3.8, 4) is 16.9 Å². The largest absolute Gasteiger partial charge is 0.336 e. The molecule has 0 saturated carbocycles. The molecule has 0 unspecified atom stereocenters. The van der Waals surface area contributed by atoms with Gasteiger partial charge in [-0.3, -0.25) is 0 Å². The average Bonchev–Trinajstić information content (AvgIpc) is 2.62. The lowest BCUT2D eigenvalue weighted by atomic mass is 10.00. The fraction of sp³-hybridized carbons (Fsp3) is 0. The van der Waals surface area contributed by atoms with Crippen LogP contribution in [0.5, 0.6) is 0 Å². The Labute approximate surface area is 143 Å². The fourth-order valence-corrected chi connectivity index (χ4v) is 3.15. The van der Waals surface area contributed by atoms with E-state index in [2.05, 4.69) is 4.98 Å². The van der Waals surface area contributed by atoms with E-state index in [-0.39, 0.29) is 5.82 Å². The van der Waals surface area contributed by atoms with Crippen molar-refractivity contribution in [2.24, 2.45) is 0 Å². The monoisotopic (exact) mass is 335 g/mol. The highest BCUT2D eigenvalue weighted by molar-refractivity contribution is 6.36. The number of rotatable bonds is 2. The molecule has 2 nitrogen and oxygen atoms in total. The molecule has 0 aliphatic heterocycles. The van der Waals surface area contributed by atoms with Crippen LogP contribution in [-0.2, 0) is 0 Å². The molecule has 4 aromatic rings. The summed E-state index contributed by atoms with van der Waals surface area (Å²) in [6.07, 6.45) is 5.55. The second-order valence-corrected chi connectivity index (χ2v) is 5.86. The maximum Gasteiger partial charge on any atom is 0.336 e. The van der Waals surface area contributed by atoms with E-state index in [1.807, 2.05) is 65.5 Å². The minimum Gasteiger partial charge on any atom is -0.207 e. The fourth-order valence-electron chi connectivity index (χ4n) is 2.86. The first kappa shape index (κ1) is 14.8. The molecule has 0 amide bonds. The van der Waals surface area contributed by atoms with Gasteiger partial charge in [-0.25, -0.2) is 8.96 Å². The van der Waals surface area contributed by atoms with Crippen molar-refractivity contribution >= 4 is 22.4 Å². The summed E-state index contributed by atoms with van der Waals surface area (Å²) in [5.41, 5.74) is 1.83. The average molecular weight is 336 g/mol. The van der Waals surface area contributed by atoms with Gasteiger partial charge >= 0.3 is 5.82 Å². The molecule has 0 fully saturated rings. The molecule has 0 atom stereocenters. The van der Waals surface area contributed by atoms with Crippen LogP contribution < -0.4 is 4.57 Å². The van der Waals surface area contributed by atoms with Gasteiger partial charge < -0.3 is 0 Å². The molecule has 24 heavy (non-hydrogen) atoms.